The van der Waals surface area contributed by atoms with E-state index in [2.05, 4.69) is 20.2 Å². The van der Waals surface area contributed by atoms with E-state index in [0.29, 0.717) is 42.9 Å². The maximum Gasteiger partial charge on any atom is 0.322 e. The van der Waals surface area contributed by atoms with Gasteiger partial charge in [-0.1, -0.05) is 28.2 Å². The van der Waals surface area contributed by atoms with Gasteiger partial charge in [0.15, 0.2) is 10.7 Å². The highest BCUT2D eigenvalue weighted by atomic mass is 35.5. The molecular weight excluding hydrogens is 366 g/mol. The van der Waals surface area contributed by atoms with Gasteiger partial charge in [-0.2, -0.15) is 0 Å². The molecule has 1 fully saturated rings. The molecule has 2 N–H and O–H groups in total. The molecule has 0 radical (unpaired) electrons. The second-order valence-electron chi connectivity index (χ2n) is 5.29. The Morgan fingerprint density at radius 3 is 2.68 bits per heavy atom. The van der Waals surface area contributed by atoms with E-state index < -0.39 is 5.91 Å². The average molecular weight is 382 g/mol. The molecule has 0 saturated carbocycles. The molecular formula is C15H16ClN5O3S. The number of anilines is 1. The maximum atomic E-state index is 12.3. The summed E-state index contributed by atoms with van der Waals surface area (Å²) < 4.78 is 8.98. The monoisotopic (exact) mass is 381 g/mol. The Bertz CT molecular complexity index is 746. The van der Waals surface area contributed by atoms with Crippen molar-refractivity contribution in [3.05, 3.63) is 40.5 Å². The molecule has 10 heteroatoms. The van der Waals surface area contributed by atoms with Crippen molar-refractivity contribution in [1.29, 1.82) is 0 Å². The number of rotatable bonds is 4. The summed E-state index contributed by atoms with van der Waals surface area (Å²) in [6.07, 6.45) is 0. The molecule has 1 aliphatic heterocycles. The number of hydrogen-bond donors (Lipinski definition) is 2. The van der Waals surface area contributed by atoms with E-state index in [0.717, 1.165) is 17.1 Å². The zero-order valence-corrected chi connectivity index (χ0v) is 14.8. The van der Waals surface area contributed by atoms with Gasteiger partial charge in [0.1, 0.15) is 0 Å². The molecule has 1 aromatic heterocycles. The fourth-order valence-corrected chi connectivity index (χ4v) is 2.92. The Hall–Kier alpha value is -2.23. The molecule has 1 aliphatic rings. The fraction of sp³-hybridized carbons (Fsp3) is 0.333. The minimum Gasteiger partial charge on any atom is -0.378 e. The number of nitrogens with zero attached hydrogens (tertiary/aromatic N) is 3. The quantitative estimate of drug-likeness (QED) is 0.844. The highest BCUT2D eigenvalue weighted by Gasteiger charge is 2.22. The average Bonchev–Trinajstić information content (AvgIpc) is 3.10. The van der Waals surface area contributed by atoms with Crippen molar-refractivity contribution in [1.82, 2.24) is 19.8 Å². The lowest BCUT2D eigenvalue weighted by atomic mass is 10.2. The second-order valence-corrected chi connectivity index (χ2v) is 6.48. The number of hydrogen-bond acceptors (Lipinski definition) is 6. The summed E-state index contributed by atoms with van der Waals surface area (Å²) in [5.41, 5.74) is 1.00. The van der Waals surface area contributed by atoms with E-state index in [1.54, 1.807) is 17.0 Å². The number of halogens is 1. The van der Waals surface area contributed by atoms with Crippen LogP contribution in [0.15, 0.2) is 24.3 Å². The lowest BCUT2D eigenvalue weighted by Gasteiger charge is -2.26. The smallest absolute Gasteiger partial charge is 0.322 e. The second kappa shape index (κ2) is 8.24. The standard InChI is InChI=1S/C15H16ClN5O3S/c16-11-3-1-10(2-4-11)9-17-13(22)12-14(25-20-19-12)18-15(23)21-5-7-24-8-6-21/h1-4H,5-9H2,(H,17,22)(H,18,23). The predicted molar refractivity (Wildman–Crippen MR) is 93.9 cm³/mol. The van der Waals surface area contributed by atoms with Crippen molar-refractivity contribution < 1.29 is 14.3 Å². The summed E-state index contributed by atoms with van der Waals surface area (Å²) in [5, 5.41) is 10.2. The van der Waals surface area contributed by atoms with Crippen molar-refractivity contribution in [2.24, 2.45) is 0 Å². The lowest BCUT2D eigenvalue weighted by Crippen LogP contribution is -2.43. The van der Waals surface area contributed by atoms with E-state index in [-0.39, 0.29) is 11.7 Å². The van der Waals surface area contributed by atoms with Gasteiger partial charge in [-0.15, -0.1) is 5.10 Å². The first-order chi connectivity index (χ1) is 12.1. The van der Waals surface area contributed by atoms with E-state index in [4.69, 9.17) is 16.3 Å². The number of nitrogens with one attached hydrogen (secondary N) is 2. The van der Waals surface area contributed by atoms with Crippen LogP contribution >= 0.6 is 23.1 Å². The zero-order chi connectivity index (χ0) is 17.6. The molecule has 1 aromatic carbocycles. The Labute approximate surface area is 153 Å². The minimum absolute atomic E-state index is 0.0978. The van der Waals surface area contributed by atoms with Crippen LogP contribution in [0, 0.1) is 0 Å². The van der Waals surface area contributed by atoms with E-state index in [9.17, 15) is 9.59 Å². The summed E-state index contributed by atoms with van der Waals surface area (Å²) in [7, 11) is 0. The van der Waals surface area contributed by atoms with Crippen molar-refractivity contribution in [2.45, 2.75) is 6.54 Å². The van der Waals surface area contributed by atoms with Gasteiger partial charge >= 0.3 is 6.03 Å². The number of ether oxygens (including phenoxy) is 1. The van der Waals surface area contributed by atoms with E-state index >= 15 is 0 Å². The summed E-state index contributed by atoms with van der Waals surface area (Å²) in [6.45, 7) is 2.35. The van der Waals surface area contributed by atoms with Gasteiger partial charge in [0, 0.05) is 36.2 Å². The number of carbonyl (C=O) groups is 2. The number of carbonyl (C=O) groups excluding carboxylic acids is 2. The van der Waals surface area contributed by atoms with Gasteiger partial charge in [-0.05, 0) is 17.7 Å². The Morgan fingerprint density at radius 2 is 1.96 bits per heavy atom. The fourth-order valence-electron chi connectivity index (χ4n) is 2.23. The first-order valence-electron chi connectivity index (χ1n) is 7.62. The van der Waals surface area contributed by atoms with Gasteiger partial charge < -0.3 is 15.0 Å². The van der Waals surface area contributed by atoms with Crippen LogP contribution in [0.2, 0.25) is 5.02 Å². The molecule has 0 unspecified atom stereocenters. The minimum atomic E-state index is -0.402. The Balaban J connectivity index is 1.59. The number of morpholine rings is 1. The first kappa shape index (κ1) is 17.6. The molecule has 0 spiro atoms. The van der Waals surface area contributed by atoms with Crippen molar-refractivity contribution in [3.8, 4) is 0 Å². The summed E-state index contributed by atoms with van der Waals surface area (Å²) in [6, 6.07) is 6.86. The molecule has 0 atom stereocenters. The highest BCUT2D eigenvalue weighted by molar-refractivity contribution is 7.10. The third-order valence-electron chi connectivity index (χ3n) is 3.59. The summed E-state index contributed by atoms with van der Waals surface area (Å²) in [5.74, 6) is -0.402. The Kier molecular flexibility index (Phi) is 5.79. The van der Waals surface area contributed by atoms with Crippen molar-refractivity contribution >= 4 is 40.1 Å². The normalized spacial score (nSPS) is 14.2. The molecule has 2 aromatic rings. The van der Waals surface area contributed by atoms with Crippen LogP contribution < -0.4 is 10.6 Å². The molecule has 1 saturated heterocycles. The van der Waals surface area contributed by atoms with Crippen LogP contribution in [0.25, 0.3) is 0 Å². The zero-order valence-electron chi connectivity index (χ0n) is 13.2. The molecule has 0 bridgehead atoms. The topological polar surface area (TPSA) is 96.4 Å². The highest BCUT2D eigenvalue weighted by Crippen LogP contribution is 2.19. The third kappa shape index (κ3) is 4.65. The van der Waals surface area contributed by atoms with E-state index in [1.165, 1.54) is 0 Å². The van der Waals surface area contributed by atoms with Gasteiger partial charge in [0.05, 0.1) is 13.2 Å². The van der Waals surface area contributed by atoms with Crippen LogP contribution in [0.5, 0.6) is 0 Å². The van der Waals surface area contributed by atoms with Gasteiger partial charge in [-0.25, -0.2) is 4.79 Å². The first-order valence-corrected chi connectivity index (χ1v) is 8.77. The third-order valence-corrected chi connectivity index (χ3v) is 4.48. The van der Waals surface area contributed by atoms with Crippen LogP contribution in [-0.4, -0.2) is 52.7 Å². The van der Waals surface area contributed by atoms with Crippen molar-refractivity contribution in [3.63, 3.8) is 0 Å². The van der Waals surface area contributed by atoms with Crippen LogP contribution in [0.4, 0.5) is 9.80 Å². The SMILES string of the molecule is O=C(NCc1ccc(Cl)cc1)c1nnsc1NC(=O)N1CCOCC1. The van der Waals surface area contributed by atoms with Gasteiger partial charge in [0.25, 0.3) is 5.91 Å². The number of aromatic nitrogens is 2. The van der Waals surface area contributed by atoms with E-state index in [1.807, 2.05) is 12.1 Å². The molecule has 0 aliphatic carbocycles. The van der Waals surface area contributed by atoms with Gasteiger partial charge in [-0.3, -0.25) is 10.1 Å². The molecule has 25 heavy (non-hydrogen) atoms. The number of amides is 3. The predicted octanol–water partition coefficient (Wildman–Crippen LogP) is 1.99. The molecule has 8 nitrogen and oxygen atoms in total. The largest absolute Gasteiger partial charge is 0.378 e. The Morgan fingerprint density at radius 1 is 1.24 bits per heavy atom. The van der Waals surface area contributed by atoms with Crippen LogP contribution in [0.1, 0.15) is 16.1 Å². The summed E-state index contributed by atoms with van der Waals surface area (Å²) >= 11 is 6.80. The molecule has 2 heterocycles. The number of urea groups is 1. The molecule has 132 valence electrons. The lowest BCUT2D eigenvalue weighted by molar-refractivity contribution is 0.0565. The van der Waals surface area contributed by atoms with Gasteiger partial charge in [0.2, 0.25) is 0 Å². The van der Waals surface area contributed by atoms with Crippen LogP contribution in [0.3, 0.4) is 0 Å². The summed E-state index contributed by atoms with van der Waals surface area (Å²) in [4.78, 5) is 26.1. The number of benzene rings is 1. The molecule has 3 amide bonds. The van der Waals surface area contributed by atoms with Crippen molar-refractivity contribution in [2.75, 3.05) is 31.6 Å². The van der Waals surface area contributed by atoms with Crippen LogP contribution in [-0.2, 0) is 11.3 Å². The maximum absolute atomic E-state index is 12.3. The molecule has 3 rings (SSSR count).